The highest BCUT2D eigenvalue weighted by Crippen LogP contribution is 2.52. The first-order valence-electron chi connectivity index (χ1n) is 15.8. The van der Waals surface area contributed by atoms with Crippen molar-refractivity contribution in [3.05, 3.63) is 139 Å². The Morgan fingerprint density at radius 3 is 2.00 bits per heavy atom. The summed E-state index contributed by atoms with van der Waals surface area (Å²) in [5.74, 6) is 0.972. The van der Waals surface area contributed by atoms with Crippen molar-refractivity contribution in [3.63, 3.8) is 0 Å². The number of benzene rings is 5. The van der Waals surface area contributed by atoms with Crippen molar-refractivity contribution in [3.8, 4) is 11.5 Å². The molecule has 10 aromatic rings. The number of hydrogen-bond donors (Lipinski definition) is 0. The van der Waals surface area contributed by atoms with Gasteiger partial charge >= 0.3 is 0 Å². The van der Waals surface area contributed by atoms with E-state index in [0.29, 0.717) is 0 Å². The Hall–Kier alpha value is -5.49. The molecule has 0 unspecified atom stereocenters. The van der Waals surface area contributed by atoms with Gasteiger partial charge in [0.15, 0.2) is 5.82 Å². The lowest BCUT2D eigenvalue weighted by Crippen LogP contribution is -1.97. The van der Waals surface area contributed by atoms with Gasteiger partial charge in [-0.1, -0.05) is 91.5 Å². The molecule has 0 spiro atoms. The monoisotopic (exact) mass is 637 g/mol. The molecule has 222 valence electrons. The molecule has 0 fully saturated rings. The summed E-state index contributed by atoms with van der Waals surface area (Å²) in [5.41, 5.74) is 7.01. The van der Waals surface area contributed by atoms with E-state index in [0.717, 1.165) is 22.8 Å². The molecule has 47 heavy (non-hydrogen) atoms. The average molecular weight is 638 g/mol. The van der Waals surface area contributed by atoms with Gasteiger partial charge in [0, 0.05) is 69.3 Å². The number of nitrogens with zero attached hydrogens (tertiary/aromatic N) is 3. The molecule has 5 aromatic carbocycles. The van der Waals surface area contributed by atoms with Crippen LogP contribution < -0.4 is 0 Å². The standard InChI is InChI=1S/C42H27N3S2/c1-3-14-31-26(4-2)35-38(44(31)25-15-6-5-7-16-25)36-29-19-10-13-22-34(29)46-40(36)37-30-23-24-43-42(39(30)47-41(35)37)45-32-20-11-8-17-27(32)28-18-9-12-21-33(28)45/h3-24H,2H2,1H3/b14-3-. The van der Waals surface area contributed by atoms with Crippen LogP contribution in [0, 0.1) is 0 Å². The number of pyridine rings is 1. The molecule has 0 N–H and O–H groups in total. The minimum absolute atomic E-state index is 0.972. The molecule has 3 nitrogen and oxygen atoms in total. The molecule has 0 saturated heterocycles. The normalized spacial score (nSPS) is 12.4. The fraction of sp³-hybridized carbons (Fsp3) is 0.0238. The summed E-state index contributed by atoms with van der Waals surface area (Å²) < 4.78 is 9.88. The molecule has 5 heterocycles. The van der Waals surface area contributed by atoms with Gasteiger partial charge < -0.3 is 4.57 Å². The molecular formula is C42H27N3S2. The minimum Gasteiger partial charge on any atom is -0.309 e. The number of fused-ring (bicyclic) bond motifs is 13. The van der Waals surface area contributed by atoms with Crippen LogP contribution in [0.25, 0.3) is 96.7 Å². The Morgan fingerprint density at radius 2 is 1.28 bits per heavy atom. The predicted molar refractivity (Wildman–Crippen MR) is 206 cm³/mol. The summed E-state index contributed by atoms with van der Waals surface area (Å²) in [7, 11) is 0. The molecule has 0 amide bonds. The topological polar surface area (TPSA) is 22.8 Å². The second kappa shape index (κ2) is 10.0. The van der Waals surface area contributed by atoms with Crippen molar-refractivity contribution < 1.29 is 0 Å². The van der Waals surface area contributed by atoms with E-state index < -0.39 is 0 Å². The van der Waals surface area contributed by atoms with Crippen molar-refractivity contribution in [1.29, 1.82) is 0 Å². The zero-order valence-corrected chi connectivity index (χ0v) is 27.2. The van der Waals surface area contributed by atoms with E-state index in [9.17, 15) is 0 Å². The number of aromatic nitrogens is 3. The molecule has 0 radical (unpaired) electrons. The van der Waals surface area contributed by atoms with Crippen LogP contribution in [0.3, 0.4) is 0 Å². The summed E-state index contributed by atoms with van der Waals surface area (Å²) in [5, 5.41) is 8.85. The Bertz CT molecular complexity index is 2880. The van der Waals surface area contributed by atoms with Gasteiger partial charge in [-0.25, -0.2) is 4.98 Å². The van der Waals surface area contributed by atoms with E-state index in [2.05, 4.69) is 144 Å². The van der Waals surface area contributed by atoms with Crippen LogP contribution in [0.2, 0.25) is 0 Å². The van der Waals surface area contributed by atoms with Gasteiger partial charge in [0.1, 0.15) is 0 Å². The summed E-state index contributed by atoms with van der Waals surface area (Å²) in [6.45, 7) is 6.48. The fourth-order valence-electron chi connectivity index (χ4n) is 7.63. The number of allylic oxidation sites excluding steroid dienone is 1. The van der Waals surface area contributed by atoms with Crippen molar-refractivity contribution in [2.75, 3.05) is 0 Å². The maximum absolute atomic E-state index is 5.13. The third-order valence-corrected chi connectivity index (χ3v) is 11.9. The molecule has 0 bridgehead atoms. The van der Waals surface area contributed by atoms with Crippen molar-refractivity contribution in [2.45, 2.75) is 6.92 Å². The van der Waals surface area contributed by atoms with Gasteiger partial charge in [-0.05, 0) is 49.4 Å². The van der Waals surface area contributed by atoms with Gasteiger partial charge in [0.05, 0.1) is 26.9 Å². The van der Waals surface area contributed by atoms with E-state index in [-0.39, 0.29) is 0 Å². The molecule has 0 aliphatic heterocycles. The zero-order chi connectivity index (χ0) is 31.2. The second-order valence-electron chi connectivity index (χ2n) is 11.9. The van der Waals surface area contributed by atoms with Crippen molar-refractivity contribution in [1.82, 2.24) is 14.1 Å². The van der Waals surface area contributed by atoms with E-state index in [1.165, 1.54) is 73.1 Å². The number of rotatable bonds is 4. The summed E-state index contributed by atoms with van der Waals surface area (Å²) in [6, 6.07) is 39.2. The van der Waals surface area contributed by atoms with Gasteiger partial charge in [-0.15, -0.1) is 22.7 Å². The van der Waals surface area contributed by atoms with Gasteiger partial charge in [0.2, 0.25) is 0 Å². The van der Waals surface area contributed by atoms with Gasteiger partial charge in [-0.2, -0.15) is 0 Å². The second-order valence-corrected chi connectivity index (χ2v) is 14.0. The molecule has 0 saturated carbocycles. The maximum atomic E-state index is 5.13. The molecule has 0 aliphatic rings. The maximum Gasteiger partial charge on any atom is 0.155 e. The van der Waals surface area contributed by atoms with Crippen LogP contribution in [0.4, 0.5) is 0 Å². The zero-order valence-electron chi connectivity index (χ0n) is 25.6. The Kier molecular flexibility index (Phi) is 5.68. The largest absolute Gasteiger partial charge is 0.309 e. The van der Waals surface area contributed by atoms with Crippen LogP contribution in [-0.4, -0.2) is 14.1 Å². The quantitative estimate of drug-likeness (QED) is 0.188. The van der Waals surface area contributed by atoms with Crippen LogP contribution in [0.15, 0.2) is 128 Å². The SMILES string of the molecule is C=Cc1c(/C=C\C)n(-c2ccccc2)c2c1c1sc3c(-n4c5ccccc5c5ccccc54)nccc3c1c1sc3ccccc3c12. The van der Waals surface area contributed by atoms with Crippen LogP contribution >= 0.6 is 22.7 Å². The third-order valence-electron chi connectivity index (χ3n) is 9.45. The van der Waals surface area contributed by atoms with Gasteiger partial charge in [-0.3, -0.25) is 4.57 Å². The highest BCUT2D eigenvalue weighted by molar-refractivity contribution is 7.30. The molecule has 5 aromatic heterocycles. The van der Waals surface area contributed by atoms with Crippen LogP contribution in [0.1, 0.15) is 18.2 Å². The predicted octanol–water partition coefficient (Wildman–Crippen LogP) is 12.5. The van der Waals surface area contributed by atoms with E-state index in [1.54, 1.807) is 0 Å². The highest BCUT2D eigenvalue weighted by atomic mass is 32.1. The Morgan fingerprint density at radius 1 is 0.617 bits per heavy atom. The average Bonchev–Trinajstić information content (AvgIpc) is 3.86. The minimum atomic E-state index is 0.972. The number of para-hydroxylation sites is 3. The van der Waals surface area contributed by atoms with Crippen LogP contribution in [0.5, 0.6) is 0 Å². The van der Waals surface area contributed by atoms with Crippen LogP contribution in [-0.2, 0) is 0 Å². The number of thiophene rings is 2. The molecule has 0 atom stereocenters. The molecule has 10 rings (SSSR count). The lowest BCUT2D eigenvalue weighted by Gasteiger charge is -2.11. The first kappa shape index (κ1) is 26.7. The summed E-state index contributed by atoms with van der Waals surface area (Å²) in [6.07, 6.45) is 8.41. The smallest absolute Gasteiger partial charge is 0.155 e. The first-order valence-corrected chi connectivity index (χ1v) is 17.4. The Labute approximate surface area is 278 Å². The van der Waals surface area contributed by atoms with E-state index >= 15 is 0 Å². The highest BCUT2D eigenvalue weighted by Gasteiger charge is 2.27. The van der Waals surface area contributed by atoms with Crippen molar-refractivity contribution in [2.24, 2.45) is 0 Å². The number of hydrogen-bond acceptors (Lipinski definition) is 3. The molecule has 0 aliphatic carbocycles. The molecule has 5 heteroatoms. The fourth-order valence-corrected chi connectivity index (χ4v) is 10.3. The summed E-state index contributed by atoms with van der Waals surface area (Å²) in [4.78, 5) is 5.13. The Balaban J connectivity index is 1.47. The third kappa shape index (κ3) is 3.53. The lowest BCUT2D eigenvalue weighted by atomic mass is 10.0. The lowest BCUT2D eigenvalue weighted by molar-refractivity contribution is 1.11. The molecular weight excluding hydrogens is 611 g/mol. The van der Waals surface area contributed by atoms with E-state index in [1.807, 2.05) is 34.9 Å². The van der Waals surface area contributed by atoms with Crippen molar-refractivity contribution >= 4 is 108 Å². The summed E-state index contributed by atoms with van der Waals surface area (Å²) >= 11 is 3.76. The van der Waals surface area contributed by atoms with Gasteiger partial charge in [0.25, 0.3) is 0 Å². The first-order chi connectivity index (χ1) is 23.3. The van der Waals surface area contributed by atoms with E-state index in [4.69, 9.17) is 4.98 Å².